The Bertz CT molecular complexity index is 1110. The second-order valence-electron chi connectivity index (χ2n) is 7.22. The van der Waals surface area contributed by atoms with Crippen LogP contribution >= 0.6 is 23.2 Å². The fraction of sp³-hybridized carbons (Fsp3) is 0.261. The molecule has 0 unspecified atom stereocenters. The Morgan fingerprint density at radius 3 is 2.61 bits per heavy atom. The Hall–Kier alpha value is -2.83. The number of halogens is 2. The van der Waals surface area contributed by atoms with E-state index >= 15 is 0 Å². The number of amides is 1. The lowest BCUT2D eigenvalue weighted by molar-refractivity contribution is 0.0977. The van der Waals surface area contributed by atoms with Crippen LogP contribution in [0.3, 0.4) is 0 Å². The van der Waals surface area contributed by atoms with E-state index in [2.05, 4.69) is 27.6 Å². The highest BCUT2D eigenvalue weighted by Crippen LogP contribution is 2.20. The summed E-state index contributed by atoms with van der Waals surface area (Å²) in [6.07, 6.45) is 2.99. The molecule has 6 nitrogen and oxygen atoms in total. The first-order valence-electron chi connectivity index (χ1n) is 10.0. The van der Waals surface area contributed by atoms with E-state index in [0.29, 0.717) is 28.1 Å². The van der Waals surface area contributed by atoms with Crippen LogP contribution in [0.2, 0.25) is 10.0 Å². The molecular formula is C23H25Cl2N5O. The number of nitrogens with one attached hydrogen (secondary N) is 2. The minimum Gasteiger partial charge on any atom is -0.326 e. The molecule has 0 saturated carbocycles. The Morgan fingerprint density at radius 2 is 1.90 bits per heavy atom. The van der Waals surface area contributed by atoms with E-state index < -0.39 is 0 Å². The highest BCUT2D eigenvalue weighted by Gasteiger charge is 2.12. The zero-order valence-corrected chi connectivity index (χ0v) is 19.3. The average Bonchev–Trinajstić information content (AvgIpc) is 3.07. The number of anilines is 1. The standard InChI is InChI=1S/C23H25Cl2N5O/c1-4-10-30-14-18(16(3)29-30)13-26-23(27-21-9-8-20(25)11-15(21)2)28-22(31)17-6-5-7-19(24)12-17/h5-9,11-12,14H,4,10,13H2,1-3H3,(H2,26,27,28,31). The number of aryl methyl sites for hydroxylation is 3. The van der Waals surface area contributed by atoms with Crippen molar-refractivity contribution in [2.24, 2.45) is 4.99 Å². The fourth-order valence-corrected chi connectivity index (χ4v) is 3.45. The van der Waals surface area contributed by atoms with Crippen molar-refractivity contribution in [1.82, 2.24) is 15.1 Å². The van der Waals surface area contributed by atoms with Gasteiger partial charge >= 0.3 is 0 Å². The molecule has 0 atom stereocenters. The quantitative estimate of drug-likeness (QED) is 0.372. The number of guanidine groups is 1. The van der Waals surface area contributed by atoms with Gasteiger partial charge in [-0.25, -0.2) is 4.99 Å². The molecule has 0 aliphatic carbocycles. The summed E-state index contributed by atoms with van der Waals surface area (Å²) in [6, 6.07) is 12.2. The number of hydrogen-bond donors (Lipinski definition) is 2. The molecule has 0 aliphatic rings. The number of carbonyl (C=O) groups is 1. The molecule has 1 amide bonds. The first-order valence-corrected chi connectivity index (χ1v) is 10.8. The monoisotopic (exact) mass is 457 g/mol. The summed E-state index contributed by atoms with van der Waals surface area (Å²) >= 11 is 12.1. The Labute approximate surface area is 192 Å². The van der Waals surface area contributed by atoms with Crippen molar-refractivity contribution in [3.05, 3.63) is 81.1 Å². The molecule has 2 N–H and O–H groups in total. The summed E-state index contributed by atoms with van der Waals surface area (Å²) < 4.78 is 1.92. The molecule has 0 spiro atoms. The number of benzene rings is 2. The second-order valence-corrected chi connectivity index (χ2v) is 8.09. The lowest BCUT2D eigenvalue weighted by Gasteiger charge is -2.14. The first kappa shape index (κ1) is 22.8. The summed E-state index contributed by atoms with van der Waals surface area (Å²) in [5.41, 5.74) is 4.09. The van der Waals surface area contributed by atoms with Crippen LogP contribution in [-0.2, 0) is 13.1 Å². The Morgan fingerprint density at radius 1 is 1.13 bits per heavy atom. The Kier molecular flexibility index (Phi) is 7.71. The van der Waals surface area contributed by atoms with E-state index in [9.17, 15) is 4.79 Å². The molecule has 8 heteroatoms. The predicted molar refractivity (Wildman–Crippen MR) is 127 cm³/mol. The normalized spacial score (nSPS) is 11.5. The van der Waals surface area contributed by atoms with Gasteiger partial charge in [-0.1, -0.05) is 36.2 Å². The van der Waals surface area contributed by atoms with Gasteiger partial charge in [-0.05, 0) is 62.2 Å². The molecule has 1 aromatic heterocycles. The average molecular weight is 458 g/mol. The number of carbonyl (C=O) groups excluding carboxylic acids is 1. The third kappa shape index (κ3) is 6.32. The molecular weight excluding hydrogens is 433 g/mol. The molecule has 31 heavy (non-hydrogen) atoms. The predicted octanol–water partition coefficient (Wildman–Crippen LogP) is 5.61. The van der Waals surface area contributed by atoms with Gasteiger partial charge in [0.05, 0.1) is 12.2 Å². The van der Waals surface area contributed by atoms with Gasteiger partial charge in [0.1, 0.15) is 0 Å². The van der Waals surface area contributed by atoms with Gasteiger partial charge in [-0.2, -0.15) is 5.10 Å². The molecule has 0 bridgehead atoms. The van der Waals surface area contributed by atoms with Crippen molar-refractivity contribution >= 4 is 40.8 Å². The molecule has 162 valence electrons. The third-order valence-electron chi connectivity index (χ3n) is 4.67. The summed E-state index contributed by atoms with van der Waals surface area (Å²) in [5, 5.41) is 11.7. The summed E-state index contributed by atoms with van der Waals surface area (Å²) in [4.78, 5) is 17.4. The maximum atomic E-state index is 12.8. The number of nitrogens with zero attached hydrogens (tertiary/aromatic N) is 3. The van der Waals surface area contributed by atoms with E-state index in [1.165, 1.54) is 0 Å². The largest absolute Gasteiger partial charge is 0.326 e. The van der Waals surface area contributed by atoms with Crippen LogP contribution in [0.5, 0.6) is 0 Å². The molecule has 0 aliphatic heterocycles. The molecule has 0 saturated heterocycles. The summed E-state index contributed by atoms with van der Waals surface area (Å²) in [7, 11) is 0. The third-order valence-corrected chi connectivity index (χ3v) is 5.14. The van der Waals surface area contributed by atoms with E-state index in [1.807, 2.05) is 36.9 Å². The van der Waals surface area contributed by atoms with E-state index in [1.54, 1.807) is 30.3 Å². The molecule has 0 fully saturated rings. The van der Waals surface area contributed by atoms with Crippen molar-refractivity contribution < 1.29 is 4.79 Å². The maximum Gasteiger partial charge on any atom is 0.258 e. The smallest absolute Gasteiger partial charge is 0.258 e. The maximum absolute atomic E-state index is 12.8. The lowest BCUT2D eigenvalue weighted by atomic mass is 10.2. The molecule has 3 aromatic rings. The van der Waals surface area contributed by atoms with Crippen LogP contribution < -0.4 is 10.6 Å². The van der Waals surface area contributed by atoms with E-state index in [4.69, 9.17) is 23.2 Å². The van der Waals surface area contributed by atoms with Gasteiger partial charge in [-0.15, -0.1) is 0 Å². The van der Waals surface area contributed by atoms with E-state index in [0.717, 1.165) is 35.5 Å². The van der Waals surface area contributed by atoms with Gasteiger partial charge in [0.25, 0.3) is 5.91 Å². The van der Waals surface area contributed by atoms with Crippen LogP contribution in [0.1, 0.15) is 40.5 Å². The number of hydrogen-bond acceptors (Lipinski definition) is 3. The summed E-state index contributed by atoms with van der Waals surface area (Å²) in [5.74, 6) is 0.0248. The molecule has 2 aromatic carbocycles. The van der Waals surface area contributed by atoms with Gasteiger partial charge < -0.3 is 5.32 Å². The van der Waals surface area contributed by atoms with Gasteiger partial charge in [0, 0.05) is 39.6 Å². The van der Waals surface area contributed by atoms with Crippen molar-refractivity contribution in [3.63, 3.8) is 0 Å². The van der Waals surface area contributed by atoms with Crippen molar-refractivity contribution in [2.45, 2.75) is 40.3 Å². The molecule has 1 heterocycles. The van der Waals surface area contributed by atoms with Gasteiger partial charge in [0.15, 0.2) is 0 Å². The summed E-state index contributed by atoms with van der Waals surface area (Å²) in [6.45, 7) is 7.23. The Balaban J connectivity index is 1.85. The highest BCUT2D eigenvalue weighted by molar-refractivity contribution is 6.31. The topological polar surface area (TPSA) is 71.3 Å². The number of aromatic nitrogens is 2. The second kappa shape index (κ2) is 10.5. The zero-order valence-electron chi connectivity index (χ0n) is 17.7. The van der Waals surface area contributed by atoms with Crippen LogP contribution in [0.4, 0.5) is 5.69 Å². The molecule has 3 rings (SSSR count). The number of rotatable bonds is 6. The highest BCUT2D eigenvalue weighted by atomic mass is 35.5. The SMILES string of the molecule is CCCn1cc(CN=C(NC(=O)c2cccc(Cl)c2)Nc2ccc(Cl)cc2C)c(C)n1. The first-order chi connectivity index (χ1) is 14.9. The van der Waals surface area contributed by atoms with Gasteiger partial charge in [-0.3, -0.25) is 14.8 Å². The van der Waals surface area contributed by atoms with Crippen LogP contribution in [0.25, 0.3) is 0 Å². The van der Waals surface area contributed by atoms with Crippen LogP contribution in [0.15, 0.2) is 53.7 Å². The zero-order chi connectivity index (χ0) is 22.4. The minimum atomic E-state index is -0.307. The minimum absolute atomic E-state index is 0.307. The van der Waals surface area contributed by atoms with Crippen molar-refractivity contribution in [1.29, 1.82) is 0 Å². The van der Waals surface area contributed by atoms with Crippen LogP contribution in [-0.4, -0.2) is 21.6 Å². The van der Waals surface area contributed by atoms with Gasteiger partial charge in [0.2, 0.25) is 5.96 Å². The van der Waals surface area contributed by atoms with Crippen molar-refractivity contribution in [2.75, 3.05) is 5.32 Å². The lowest BCUT2D eigenvalue weighted by Crippen LogP contribution is -2.36. The van der Waals surface area contributed by atoms with Crippen LogP contribution in [0, 0.1) is 13.8 Å². The van der Waals surface area contributed by atoms with E-state index in [-0.39, 0.29) is 5.91 Å². The molecule has 0 radical (unpaired) electrons. The van der Waals surface area contributed by atoms with Crippen molar-refractivity contribution in [3.8, 4) is 0 Å². The number of aliphatic imine (C=N–C) groups is 1. The fourth-order valence-electron chi connectivity index (χ4n) is 3.04.